The zero-order valence-electron chi connectivity index (χ0n) is 36.3. The SMILES string of the molecule is CO[C@H]1OC(CO)[C@@H](O[C@@H]2OC(C)[C@@H](O[C@H]3OC(CO)[C@@H](O[C@@H]4O[C@@H](C(=O)O)[C@@H](O[C@H]5O[C@@H](CO)[C@@H](C)[C@H](C)C5N=[N+]=[N-])[C@H](C)C4C)[C@H](O)C3N=[N+]=[N-])[C@H](C)C2O)[C@H](C)C1N=[N+]=[N-]. The second-order valence-electron chi connectivity index (χ2n) is 17.0. The van der Waals surface area contributed by atoms with Crippen molar-refractivity contribution in [3.8, 4) is 0 Å². The van der Waals surface area contributed by atoms with Crippen LogP contribution in [-0.2, 0) is 52.2 Å². The first-order valence-electron chi connectivity index (χ1n) is 21.0. The molecule has 5 aliphatic rings. The van der Waals surface area contributed by atoms with Gasteiger partial charge in [0.05, 0.1) is 62.4 Å². The fourth-order valence-corrected chi connectivity index (χ4v) is 9.14. The van der Waals surface area contributed by atoms with Crippen molar-refractivity contribution in [3.63, 3.8) is 0 Å². The van der Waals surface area contributed by atoms with Crippen molar-refractivity contribution in [1.29, 1.82) is 0 Å². The smallest absolute Gasteiger partial charge is 0.335 e. The third-order valence-corrected chi connectivity index (χ3v) is 13.4. The summed E-state index contributed by atoms with van der Waals surface area (Å²) >= 11 is 0. The number of nitrogens with zero attached hydrogens (tertiary/aromatic N) is 9. The Morgan fingerprint density at radius 2 is 1.02 bits per heavy atom. The lowest BCUT2D eigenvalue weighted by Crippen LogP contribution is -2.64. The van der Waals surface area contributed by atoms with Crippen molar-refractivity contribution < 1.29 is 82.8 Å². The number of aliphatic carboxylic acids is 1. The van der Waals surface area contributed by atoms with Gasteiger partial charge in [0.15, 0.2) is 37.6 Å². The van der Waals surface area contributed by atoms with E-state index in [1.165, 1.54) is 7.11 Å². The number of aliphatic hydroxyl groups is 5. The summed E-state index contributed by atoms with van der Waals surface area (Å²) in [6.45, 7) is 10.4. The predicted molar refractivity (Wildman–Crippen MR) is 210 cm³/mol. The van der Waals surface area contributed by atoms with Crippen LogP contribution in [0.15, 0.2) is 15.3 Å². The van der Waals surface area contributed by atoms with E-state index >= 15 is 0 Å². The van der Waals surface area contributed by atoms with Crippen LogP contribution >= 0.6 is 0 Å². The van der Waals surface area contributed by atoms with E-state index < -0.39 is 160 Å². The number of carboxylic acids is 1. The number of aliphatic hydroxyl groups excluding tert-OH is 5. The van der Waals surface area contributed by atoms with Crippen LogP contribution in [0.5, 0.6) is 0 Å². The molecule has 5 fully saturated rings. The third kappa shape index (κ3) is 10.6. The van der Waals surface area contributed by atoms with Gasteiger partial charge in [-0.15, -0.1) is 0 Å². The molecule has 0 radical (unpaired) electrons. The molecule has 63 heavy (non-hydrogen) atoms. The molecule has 26 nitrogen and oxygen atoms in total. The van der Waals surface area contributed by atoms with Crippen LogP contribution in [0, 0.1) is 35.5 Å². The Labute approximate surface area is 362 Å². The number of methoxy groups -OCH3 is 1. The highest BCUT2D eigenvalue weighted by Crippen LogP contribution is 2.42. The van der Waals surface area contributed by atoms with Crippen molar-refractivity contribution >= 4 is 5.97 Å². The van der Waals surface area contributed by atoms with Gasteiger partial charge in [-0.25, -0.2) is 4.79 Å². The van der Waals surface area contributed by atoms with Gasteiger partial charge in [0.25, 0.3) is 0 Å². The molecule has 0 spiro atoms. The lowest BCUT2D eigenvalue weighted by atomic mass is 9.81. The maximum Gasteiger partial charge on any atom is 0.335 e. The van der Waals surface area contributed by atoms with Crippen LogP contribution in [0.2, 0.25) is 0 Å². The van der Waals surface area contributed by atoms with Gasteiger partial charge < -0.3 is 78.0 Å². The summed E-state index contributed by atoms with van der Waals surface area (Å²) < 4.78 is 60.1. The molecule has 0 aromatic carbocycles. The summed E-state index contributed by atoms with van der Waals surface area (Å²) in [5.41, 5.74) is 28.0. The van der Waals surface area contributed by atoms with Gasteiger partial charge >= 0.3 is 5.97 Å². The lowest BCUT2D eigenvalue weighted by Gasteiger charge is -2.50. The van der Waals surface area contributed by atoms with Crippen molar-refractivity contribution in [3.05, 3.63) is 31.3 Å². The molecule has 0 saturated carbocycles. The summed E-state index contributed by atoms with van der Waals surface area (Å²) in [5.74, 6) is -4.59. The Kier molecular flexibility index (Phi) is 18.0. The first-order valence-corrected chi connectivity index (χ1v) is 21.0. The molecule has 0 aromatic rings. The van der Waals surface area contributed by atoms with Crippen LogP contribution in [0.4, 0.5) is 0 Å². The van der Waals surface area contributed by atoms with Gasteiger partial charge in [-0.1, -0.05) is 56.9 Å². The monoisotopic (exact) mass is 903 g/mol. The van der Waals surface area contributed by atoms with E-state index in [9.17, 15) is 46.5 Å². The fraction of sp³-hybridized carbons (Fsp3) is 0.973. The van der Waals surface area contributed by atoms with Crippen molar-refractivity contribution in [2.24, 2.45) is 50.9 Å². The second-order valence-corrected chi connectivity index (χ2v) is 17.0. The summed E-state index contributed by atoms with van der Waals surface area (Å²) in [4.78, 5) is 21.4. The number of ether oxygens (including phenoxy) is 10. The highest BCUT2D eigenvalue weighted by atomic mass is 16.8. The normalized spacial score (nSPS) is 47.9. The summed E-state index contributed by atoms with van der Waals surface area (Å²) in [5, 5.41) is 75.5. The van der Waals surface area contributed by atoms with Crippen LogP contribution in [-0.4, -0.2) is 180 Å². The van der Waals surface area contributed by atoms with Crippen LogP contribution in [0.1, 0.15) is 48.5 Å². The average Bonchev–Trinajstić information content (AvgIpc) is 3.26. The van der Waals surface area contributed by atoms with E-state index in [0.717, 1.165) is 0 Å². The van der Waals surface area contributed by atoms with Gasteiger partial charge in [-0.2, -0.15) is 0 Å². The first-order chi connectivity index (χ1) is 30.0. The molecule has 5 rings (SSSR count). The Balaban J connectivity index is 1.29. The van der Waals surface area contributed by atoms with Gasteiger partial charge in [0.1, 0.15) is 36.6 Å². The number of carboxylic acid groups (broad SMARTS) is 1. The number of azide groups is 3. The molecule has 0 aromatic heterocycles. The zero-order valence-corrected chi connectivity index (χ0v) is 36.3. The Morgan fingerprint density at radius 1 is 0.524 bits per heavy atom. The zero-order chi connectivity index (χ0) is 46.4. The topological polar surface area (TPSA) is 377 Å². The summed E-state index contributed by atoms with van der Waals surface area (Å²) in [6, 6.07) is -3.21. The number of hydrogen-bond donors (Lipinski definition) is 6. The van der Waals surface area contributed by atoms with Crippen molar-refractivity contribution in [2.75, 3.05) is 26.9 Å². The maximum absolute atomic E-state index is 12.7. The van der Waals surface area contributed by atoms with E-state index in [0.29, 0.717) is 0 Å². The number of hydrogen-bond acceptors (Lipinski definition) is 19. The Bertz CT molecular complexity index is 1680. The number of rotatable bonds is 16. The maximum atomic E-state index is 12.7. The predicted octanol–water partition coefficient (Wildman–Crippen LogP) is 1.45. The molecule has 0 bridgehead atoms. The molecule has 356 valence electrons. The van der Waals surface area contributed by atoms with E-state index in [1.807, 2.05) is 13.8 Å². The average molecular weight is 904 g/mol. The molecule has 8 unspecified atom stereocenters. The highest BCUT2D eigenvalue weighted by Gasteiger charge is 2.55. The molecule has 26 heteroatoms. The van der Waals surface area contributed by atoms with Crippen LogP contribution < -0.4 is 0 Å². The molecule has 25 atom stereocenters. The van der Waals surface area contributed by atoms with Gasteiger partial charge in [-0.05, 0) is 47.2 Å². The van der Waals surface area contributed by atoms with Crippen LogP contribution in [0.25, 0.3) is 31.3 Å². The highest BCUT2D eigenvalue weighted by molar-refractivity contribution is 5.73. The molecule has 6 N–H and O–H groups in total. The quantitative estimate of drug-likeness (QED) is 0.0725. The standard InChI is InChI=1S/C37H61N9O17/c1-12-13(2)22(41-44-38)35(56-19(12)9-47)61-29-14(3)15(4)33(63-31(29)32(52)53)62-30-21(11-49)58-36(24(26(30)51)43-46-40)59-27-17(6)25(50)37(55-18(27)7)60-28-16(5)23(42-45-39)34(54-8)57-20(28)10-48/h12-31,33-37,47-51H,9-11H2,1-8H3,(H,52,53)/t12-,13-,14+,15?,16+,17+,18?,19-,20?,21?,22?,23?,24?,25?,26+,27-,28-,29-,30+,31+,33+,34-,35+,36+,37-/m0/s1. The minimum absolute atomic E-state index is 0.221. The lowest BCUT2D eigenvalue weighted by molar-refractivity contribution is -0.364. The summed E-state index contributed by atoms with van der Waals surface area (Å²) in [7, 11) is 1.37. The third-order valence-electron chi connectivity index (χ3n) is 13.4. The second kappa shape index (κ2) is 22.3. The molecule has 0 aliphatic carbocycles. The minimum atomic E-state index is -1.72. The molecular weight excluding hydrogens is 842 g/mol. The Morgan fingerprint density at radius 3 is 1.59 bits per heavy atom. The molecule has 5 heterocycles. The Hall–Kier alpha value is -3.20. The van der Waals surface area contributed by atoms with Crippen LogP contribution in [0.3, 0.4) is 0 Å². The molecular formula is C37H61N9O17. The van der Waals surface area contributed by atoms with Gasteiger partial charge in [0, 0.05) is 33.7 Å². The van der Waals surface area contributed by atoms with E-state index in [4.69, 9.17) is 52.9 Å². The first kappa shape index (κ1) is 50.8. The fourth-order valence-electron chi connectivity index (χ4n) is 9.14. The van der Waals surface area contributed by atoms with E-state index in [-0.39, 0.29) is 18.4 Å². The van der Waals surface area contributed by atoms with E-state index in [2.05, 4.69) is 30.1 Å². The number of carbonyl (C=O) groups is 1. The van der Waals surface area contributed by atoms with Crippen molar-refractivity contribution in [2.45, 2.75) is 165 Å². The van der Waals surface area contributed by atoms with Gasteiger partial charge in [0.2, 0.25) is 0 Å². The summed E-state index contributed by atoms with van der Waals surface area (Å²) in [6.07, 6.45) is -19.5. The molecule has 5 saturated heterocycles. The minimum Gasteiger partial charge on any atom is -0.479 e. The van der Waals surface area contributed by atoms with Gasteiger partial charge in [-0.3, -0.25) is 0 Å². The molecule has 5 aliphatic heterocycles. The van der Waals surface area contributed by atoms with Crippen molar-refractivity contribution in [1.82, 2.24) is 0 Å². The van der Waals surface area contributed by atoms with E-state index in [1.54, 1.807) is 34.6 Å². The molecule has 0 amide bonds. The largest absolute Gasteiger partial charge is 0.479 e.